The molecule has 0 bridgehead atoms. The highest BCUT2D eigenvalue weighted by Gasteiger charge is 2.15. The first-order chi connectivity index (χ1) is 14.9. The van der Waals surface area contributed by atoms with Gasteiger partial charge in [-0.2, -0.15) is 5.26 Å². The molecule has 1 aromatic carbocycles. The molecule has 0 spiro atoms. The summed E-state index contributed by atoms with van der Waals surface area (Å²) in [5, 5.41) is 12.4. The summed E-state index contributed by atoms with van der Waals surface area (Å²) in [6.07, 6.45) is 2.48. The number of amides is 1. The van der Waals surface area contributed by atoms with E-state index in [0.29, 0.717) is 13.2 Å². The Hall–Kier alpha value is -3.04. The van der Waals surface area contributed by atoms with Gasteiger partial charge in [0.15, 0.2) is 0 Å². The molecule has 6 nitrogen and oxygen atoms in total. The number of hydrogen-bond acceptors (Lipinski definition) is 4. The van der Waals surface area contributed by atoms with E-state index in [1.165, 1.54) is 5.69 Å². The van der Waals surface area contributed by atoms with Gasteiger partial charge in [0.2, 0.25) is 0 Å². The van der Waals surface area contributed by atoms with Crippen molar-refractivity contribution in [3.8, 4) is 6.07 Å². The van der Waals surface area contributed by atoms with Crippen molar-refractivity contribution in [2.75, 3.05) is 38.3 Å². The third kappa shape index (κ3) is 6.47. The molecule has 1 atom stereocenters. The minimum Gasteiger partial charge on any atom is -0.383 e. The number of methoxy groups -OCH3 is 1. The van der Waals surface area contributed by atoms with Gasteiger partial charge in [-0.3, -0.25) is 4.79 Å². The number of nitrogens with zero attached hydrogens (tertiary/aromatic N) is 3. The molecule has 1 N–H and O–H groups in total. The number of carbonyl (C=O) groups is 1. The van der Waals surface area contributed by atoms with Crippen LogP contribution in [0.3, 0.4) is 0 Å². The second-order valence-electron chi connectivity index (χ2n) is 7.70. The van der Waals surface area contributed by atoms with Gasteiger partial charge in [0.1, 0.15) is 11.6 Å². The molecule has 0 fully saturated rings. The number of benzene rings is 1. The maximum atomic E-state index is 12.6. The normalized spacial score (nSPS) is 12.3. The number of aryl methyl sites for hydroxylation is 1. The van der Waals surface area contributed by atoms with E-state index in [0.717, 1.165) is 36.5 Å². The van der Waals surface area contributed by atoms with Gasteiger partial charge < -0.3 is 19.5 Å². The number of aromatic nitrogens is 1. The van der Waals surface area contributed by atoms with E-state index in [4.69, 9.17) is 4.74 Å². The van der Waals surface area contributed by atoms with E-state index < -0.39 is 0 Å². The Labute approximate surface area is 186 Å². The summed E-state index contributed by atoms with van der Waals surface area (Å²) in [5.74, 6) is -0.333. The average Bonchev–Trinajstić information content (AvgIpc) is 3.05. The van der Waals surface area contributed by atoms with Crippen molar-refractivity contribution in [3.63, 3.8) is 0 Å². The van der Waals surface area contributed by atoms with Crippen LogP contribution in [0.2, 0.25) is 0 Å². The molecule has 6 heteroatoms. The summed E-state index contributed by atoms with van der Waals surface area (Å²) in [4.78, 5) is 14.8. The van der Waals surface area contributed by atoms with E-state index in [1.54, 1.807) is 13.2 Å². The number of para-hydroxylation sites is 1. The molecule has 2 rings (SSSR count). The molecule has 0 saturated carbocycles. The summed E-state index contributed by atoms with van der Waals surface area (Å²) in [5.41, 5.74) is 4.27. The number of anilines is 1. The number of nitrogens with one attached hydrogen (secondary N) is 1. The van der Waals surface area contributed by atoms with Crippen molar-refractivity contribution >= 4 is 17.7 Å². The van der Waals surface area contributed by atoms with Crippen LogP contribution in [-0.4, -0.2) is 43.8 Å². The van der Waals surface area contributed by atoms with Gasteiger partial charge in [0.25, 0.3) is 5.91 Å². The van der Waals surface area contributed by atoms with Crippen molar-refractivity contribution in [1.29, 1.82) is 5.26 Å². The van der Waals surface area contributed by atoms with Crippen LogP contribution in [0.1, 0.15) is 43.3 Å². The lowest BCUT2D eigenvalue weighted by Gasteiger charge is -2.23. The lowest BCUT2D eigenvalue weighted by molar-refractivity contribution is -0.117. The Morgan fingerprint density at radius 2 is 2.03 bits per heavy atom. The standard InChI is InChI=1S/C25H34N4O2/c1-6-28(24-11-8-7-9-12-24)14-10-13-27-25(30)23(17-26)16-22-15-19(2)29(21(22)4)20(3)18-31-5/h7-9,11-12,15-16,20H,6,10,13-14,18H2,1-5H3,(H,27,30)/b23-16-. The summed E-state index contributed by atoms with van der Waals surface area (Å²) >= 11 is 0. The topological polar surface area (TPSA) is 70.3 Å². The van der Waals surface area contributed by atoms with Gasteiger partial charge in [0, 0.05) is 43.8 Å². The van der Waals surface area contributed by atoms with Crippen LogP contribution in [-0.2, 0) is 9.53 Å². The fraction of sp³-hybridized carbons (Fsp3) is 0.440. The van der Waals surface area contributed by atoms with Gasteiger partial charge in [-0.15, -0.1) is 0 Å². The Kier molecular flexibility index (Phi) is 9.36. The molecule has 31 heavy (non-hydrogen) atoms. The van der Waals surface area contributed by atoms with Gasteiger partial charge >= 0.3 is 0 Å². The minimum atomic E-state index is -0.333. The Morgan fingerprint density at radius 1 is 1.32 bits per heavy atom. The third-order valence-electron chi connectivity index (χ3n) is 5.43. The highest BCUT2D eigenvalue weighted by atomic mass is 16.5. The summed E-state index contributed by atoms with van der Waals surface area (Å²) < 4.78 is 7.44. The summed E-state index contributed by atoms with van der Waals surface area (Å²) in [7, 11) is 1.68. The van der Waals surface area contributed by atoms with Crippen molar-refractivity contribution in [2.24, 2.45) is 0 Å². The Morgan fingerprint density at radius 3 is 2.65 bits per heavy atom. The highest BCUT2D eigenvalue weighted by molar-refractivity contribution is 6.01. The maximum Gasteiger partial charge on any atom is 0.261 e. The van der Waals surface area contributed by atoms with Crippen LogP contribution in [0.25, 0.3) is 6.08 Å². The van der Waals surface area contributed by atoms with E-state index in [9.17, 15) is 10.1 Å². The lowest BCUT2D eigenvalue weighted by atomic mass is 10.1. The predicted molar refractivity (Wildman–Crippen MR) is 126 cm³/mol. The molecule has 1 amide bonds. The quantitative estimate of drug-likeness (QED) is 0.334. The highest BCUT2D eigenvalue weighted by Crippen LogP contribution is 2.23. The fourth-order valence-electron chi connectivity index (χ4n) is 3.92. The molecule has 0 saturated heterocycles. The third-order valence-corrected chi connectivity index (χ3v) is 5.43. The van der Waals surface area contributed by atoms with Crippen LogP contribution >= 0.6 is 0 Å². The first-order valence-electron chi connectivity index (χ1n) is 10.8. The molecule has 0 radical (unpaired) electrons. The molecule has 1 aromatic heterocycles. The van der Waals surface area contributed by atoms with Crippen molar-refractivity contribution < 1.29 is 9.53 Å². The SMILES string of the molecule is CCN(CCCNC(=O)/C(C#N)=C\c1cc(C)n(C(C)COC)c1C)c1ccccc1. The van der Waals surface area contributed by atoms with Crippen molar-refractivity contribution in [1.82, 2.24) is 9.88 Å². The summed E-state index contributed by atoms with van der Waals surface area (Å²) in [6, 6.07) is 14.5. The number of carbonyl (C=O) groups excluding carboxylic acids is 1. The van der Waals surface area contributed by atoms with Crippen LogP contribution in [0, 0.1) is 25.2 Å². The van der Waals surface area contributed by atoms with E-state index in [2.05, 4.69) is 46.8 Å². The monoisotopic (exact) mass is 422 g/mol. The van der Waals surface area contributed by atoms with Gasteiger partial charge in [-0.05, 0) is 64.0 Å². The van der Waals surface area contributed by atoms with Crippen LogP contribution in [0.15, 0.2) is 42.0 Å². The zero-order valence-corrected chi connectivity index (χ0v) is 19.3. The first kappa shape index (κ1) is 24.2. The van der Waals surface area contributed by atoms with Crippen molar-refractivity contribution in [2.45, 2.75) is 40.2 Å². The molecule has 0 aliphatic carbocycles. The van der Waals surface area contributed by atoms with E-state index in [1.807, 2.05) is 38.1 Å². The molecular weight excluding hydrogens is 388 g/mol. The second-order valence-corrected chi connectivity index (χ2v) is 7.70. The molecule has 166 valence electrons. The number of nitriles is 1. The van der Waals surface area contributed by atoms with E-state index >= 15 is 0 Å². The Balaban J connectivity index is 1.98. The Bertz CT molecular complexity index is 925. The van der Waals surface area contributed by atoms with E-state index in [-0.39, 0.29) is 17.5 Å². The largest absolute Gasteiger partial charge is 0.383 e. The molecule has 0 aliphatic heterocycles. The molecule has 0 aliphatic rings. The molecule has 1 unspecified atom stereocenters. The average molecular weight is 423 g/mol. The minimum absolute atomic E-state index is 0.120. The fourth-order valence-corrected chi connectivity index (χ4v) is 3.92. The second kappa shape index (κ2) is 12.0. The summed E-state index contributed by atoms with van der Waals surface area (Å²) in [6.45, 7) is 11.1. The van der Waals surface area contributed by atoms with Gasteiger partial charge in [-0.1, -0.05) is 18.2 Å². The van der Waals surface area contributed by atoms with Crippen LogP contribution in [0.4, 0.5) is 5.69 Å². The molecule has 1 heterocycles. The number of rotatable bonds is 11. The lowest BCUT2D eigenvalue weighted by Crippen LogP contribution is -2.30. The van der Waals surface area contributed by atoms with Crippen molar-refractivity contribution in [3.05, 3.63) is 58.9 Å². The first-order valence-corrected chi connectivity index (χ1v) is 10.8. The van der Waals surface area contributed by atoms with Crippen LogP contribution < -0.4 is 10.2 Å². The zero-order valence-electron chi connectivity index (χ0n) is 19.3. The molecule has 2 aromatic rings. The van der Waals surface area contributed by atoms with Gasteiger partial charge in [0.05, 0.1) is 12.6 Å². The zero-order chi connectivity index (χ0) is 22.8. The molecular formula is C25H34N4O2. The number of hydrogen-bond donors (Lipinski definition) is 1. The predicted octanol–water partition coefficient (Wildman–Crippen LogP) is 4.25. The van der Waals surface area contributed by atoms with Gasteiger partial charge in [-0.25, -0.2) is 0 Å². The maximum absolute atomic E-state index is 12.6. The number of ether oxygens (including phenoxy) is 1. The smallest absolute Gasteiger partial charge is 0.261 e. The van der Waals surface area contributed by atoms with Crippen LogP contribution in [0.5, 0.6) is 0 Å².